The Morgan fingerprint density at radius 3 is 2.72 bits per heavy atom. The molecule has 3 aromatic rings. The first kappa shape index (κ1) is 18.1. The number of hydrogen-bond acceptors (Lipinski definition) is 6. The first-order chi connectivity index (χ1) is 11.9. The number of anilines is 2. The maximum Gasteiger partial charge on any atom is 0.348 e. The predicted octanol–water partition coefficient (Wildman–Crippen LogP) is 5.22. The van der Waals surface area contributed by atoms with E-state index < -0.39 is 0 Å². The molecule has 1 N–H and O–H groups in total. The molecule has 0 aliphatic rings. The van der Waals surface area contributed by atoms with Crippen LogP contribution in [0.3, 0.4) is 0 Å². The van der Waals surface area contributed by atoms with E-state index in [-0.39, 0.29) is 12.1 Å². The fourth-order valence-corrected chi connectivity index (χ4v) is 4.20. The lowest BCUT2D eigenvalue weighted by Gasteiger charge is -2.10. The Bertz CT molecular complexity index is 953. The quantitative estimate of drug-likeness (QED) is 0.421. The average molecular weight is 467 g/mol. The van der Waals surface area contributed by atoms with Crippen molar-refractivity contribution in [3.05, 3.63) is 44.1 Å². The molecule has 25 heavy (non-hydrogen) atoms. The van der Waals surface area contributed by atoms with E-state index in [0.717, 1.165) is 27.0 Å². The highest BCUT2D eigenvalue weighted by atomic mass is 127. The van der Waals surface area contributed by atoms with E-state index in [1.807, 2.05) is 32.9 Å². The van der Waals surface area contributed by atoms with Crippen LogP contribution in [0, 0.1) is 17.4 Å². The van der Waals surface area contributed by atoms with E-state index >= 15 is 0 Å². The monoisotopic (exact) mass is 467 g/mol. The number of hydrogen-bond donors (Lipinski definition) is 1. The smallest absolute Gasteiger partial charge is 0.348 e. The molecule has 0 radical (unpaired) electrons. The lowest BCUT2D eigenvalue weighted by atomic mass is 10.1. The van der Waals surface area contributed by atoms with Crippen LogP contribution >= 0.6 is 33.9 Å². The molecule has 0 bridgehead atoms. The molecule has 2 aromatic heterocycles. The number of ether oxygens (including phenoxy) is 1. The van der Waals surface area contributed by atoms with Gasteiger partial charge in [-0.2, -0.15) is 0 Å². The molecule has 7 heteroatoms. The van der Waals surface area contributed by atoms with Crippen molar-refractivity contribution in [1.29, 1.82) is 0 Å². The number of fused-ring (bicyclic) bond motifs is 1. The molecule has 0 unspecified atom stereocenters. The molecule has 2 heterocycles. The summed E-state index contributed by atoms with van der Waals surface area (Å²) in [5, 5.41) is 4.24. The summed E-state index contributed by atoms with van der Waals surface area (Å²) in [6.07, 6.45) is 1.36. The Morgan fingerprint density at radius 1 is 1.28 bits per heavy atom. The zero-order valence-electron chi connectivity index (χ0n) is 14.4. The van der Waals surface area contributed by atoms with E-state index in [1.165, 1.54) is 21.2 Å². The van der Waals surface area contributed by atoms with Gasteiger partial charge < -0.3 is 10.1 Å². The number of aromatic nitrogens is 2. The SMILES string of the molecule is Cc1cc(I)ccc1Nc1ncnc2sc(C(=O)OC(C)C)c(C)c12. The minimum Gasteiger partial charge on any atom is -0.459 e. The molecule has 0 aliphatic carbocycles. The third-order valence-electron chi connectivity index (χ3n) is 3.70. The molecule has 0 aliphatic heterocycles. The molecule has 130 valence electrons. The first-order valence-corrected chi connectivity index (χ1v) is 9.74. The van der Waals surface area contributed by atoms with E-state index in [9.17, 15) is 4.79 Å². The lowest BCUT2D eigenvalue weighted by molar-refractivity contribution is 0.0383. The van der Waals surface area contributed by atoms with Crippen LogP contribution in [-0.4, -0.2) is 22.0 Å². The van der Waals surface area contributed by atoms with Crippen molar-refractivity contribution in [2.75, 3.05) is 5.32 Å². The van der Waals surface area contributed by atoms with Gasteiger partial charge >= 0.3 is 5.97 Å². The number of nitrogens with zero attached hydrogens (tertiary/aromatic N) is 2. The Hall–Kier alpha value is -1.74. The maximum atomic E-state index is 12.3. The predicted molar refractivity (Wildman–Crippen MR) is 110 cm³/mol. The van der Waals surface area contributed by atoms with E-state index in [2.05, 4.69) is 50.9 Å². The fourth-order valence-electron chi connectivity index (χ4n) is 2.52. The summed E-state index contributed by atoms with van der Waals surface area (Å²) in [6.45, 7) is 7.64. The van der Waals surface area contributed by atoms with Crippen LogP contribution < -0.4 is 5.32 Å². The maximum absolute atomic E-state index is 12.3. The molecular formula is C18H18IN3O2S. The van der Waals surface area contributed by atoms with Gasteiger partial charge in [0.05, 0.1) is 11.5 Å². The third-order valence-corrected chi connectivity index (χ3v) is 5.55. The summed E-state index contributed by atoms with van der Waals surface area (Å²) in [5.74, 6) is 0.388. The van der Waals surface area contributed by atoms with E-state index in [0.29, 0.717) is 10.7 Å². The third kappa shape index (κ3) is 3.77. The number of carbonyl (C=O) groups is 1. The molecule has 0 saturated heterocycles. The molecule has 5 nitrogen and oxygen atoms in total. The van der Waals surface area contributed by atoms with Gasteiger partial charge in [-0.3, -0.25) is 0 Å². The number of thiophene rings is 1. The van der Waals surface area contributed by atoms with Crippen molar-refractivity contribution in [1.82, 2.24) is 9.97 Å². The van der Waals surface area contributed by atoms with Crippen molar-refractivity contribution >= 4 is 61.6 Å². The van der Waals surface area contributed by atoms with Crippen molar-refractivity contribution < 1.29 is 9.53 Å². The van der Waals surface area contributed by atoms with Gasteiger partial charge in [-0.25, -0.2) is 14.8 Å². The van der Waals surface area contributed by atoms with Gasteiger partial charge in [0.25, 0.3) is 0 Å². The summed E-state index contributed by atoms with van der Waals surface area (Å²) in [4.78, 5) is 22.4. The summed E-state index contributed by atoms with van der Waals surface area (Å²) >= 11 is 3.63. The standard InChI is InChI=1S/C18H18IN3O2S/c1-9(2)24-18(23)15-11(4)14-16(20-8-21-17(14)25-15)22-13-6-5-12(19)7-10(13)3/h5-9H,1-4H3,(H,20,21,22). The van der Waals surface area contributed by atoms with Crippen LogP contribution in [0.15, 0.2) is 24.5 Å². The molecule has 0 saturated carbocycles. The number of benzene rings is 1. The summed E-state index contributed by atoms with van der Waals surface area (Å²) in [7, 11) is 0. The number of halogens is 1. The van der Waals surface area contributed by atoms with Crippen molar-refractivity contribution in [3.8, 4) is 0 Å². The van der Waals surface area contributed by atoms with Gasteiger partial charge in [0.15, 0.2) is 0 Å². The van der Waals surface area contributed by atoms with Gasteiger partial charge in [0, 0.05) is 9.26 Å². The molecule has 0 amide bonds. The van der Waals surface area contributed by atoms with Gasteiger partial charge in [-0.1, -0.05) is 0 Å². The number of esters is 1. The average Bonchev–Trinajstić information content (AvgIpc) is 2.88. The molecule has 0 fully saturated rings. The lowest BCUT2D eigenvalue weighted by Crippen LogP contribution is -2.11. The van der Waals surface area contributed by atoms with Crippen LogP contribution in [0.1, 0.15) is 34.6 Å². The van der Waals surface area contributed by atoms with Crippen LogP contribution in [0.5, 0.6) is 0 Å². The second-order valence-electron chi connectivity index (χ2n) is 6.00. The summed E-state index contributed by atoms with van der Waals surface area (Å²) in [6, 6.07) is 6.17. The number of nitrogens with one attached hydrogen (secondary N) is 1. The molecule has 0 spiro atoms. The van der Waals surface area contributed by atoms with Gasteiger partial charge in [-0.15, -0.1) is 11.3 Å². The Kier molecular flexibility index (Phi) is 5.24. The van der Waals surface area contributed by atoms with Crippen LogP contribution in [-0.2, 0) is 4.74 Å². The Morgan fingerprint density at radius 2 is 2.04 bits per heavy atom. The summed E-state index contributed by atoms with van der Waals surface area (Å²) in [5.41, 5.74) is 2.96. The van der Waals surface area contributed by atoms with Crippen LogP contribution in [0.25, 0.3) is 10.2 Å². The fraction of sp³-hybridized carbons (Fsp3) is 0.278. The highest BCUT2D eigenvalue weighted by Crippen LogP contribution is 2.35. The van der Waals surface area contributed by atoms with Crippen molar-refractivity contribution in [2.45, 2.75) is 33.8 Å². The molecule has 3 rings (SSSR count). The minimum absolute atomic E-state index is 0.157. The Balaban J connectivity index is 2.04. The normalized spacial score (nSPS) is 11.1. The summed E-state index contributed by atoms with van der Waals surface area (Å²) < 4.78 is 6.52. The van der Waals surface area contributed by atoms with Gasteiger partial charge in [-0.05, 0) is 79.6 Å². The zero-order chi connectivity index (χ0) is 18.1. The van der Waals surface area contributed by atoms with Crippen molar-refractivity contribution in [2.24, 2.45) is 0 Å². The second kappa shape index (κ2) is 7.25. The van der Waals surface area contributed by atoms with Gasteiger partial charge in [0.2, 0.25) is 0 Å². The molecule has 0 atom stereocenters. The number of rotatable bonds is 4. The topological polar surface area (TPSA) is 64.1 Å². The number of aryl methyl sites for hydroxylation is 2. The van der Waals surface area contributed by atoms with Crippen molar-refractivity contribution in [3.63, 3.8) is 0 Å². The first-order valence-electron chi connectivity index (χ1n) is 7.85. The Labute approximate surface area is 164 Å². The largest absolute Gasteiger partial charge is 0.459 e. The van der Waals surface area contributed by atoms with E-state index in [1.54, 1.807) is 0 Å². The highest BCUT2D eigenvalue weighted by molar-refractivity contribution is 14.1. The molecule has 1 aromatic carbocycles. The number of carbonyl (C=O) groups excluding carboxylic acids is 1. The molecular weight excluding hydrogens is 449 g/mol. The zero-order valence-corrected chi connectivity index (χ0v) is 17.4. The van der Waals surface area contributed by atoms with Crippen LogP contribution in [0.4, 0.5) is 11.5 Å². The minimum atomic E-state index is -0.313. The van der Waals surface area contributed by atoms with E-state index in [4.69, 9.17) is 4.74 Å². The highest BCUT2D eigenvalue weighted by Gasteiger charge is 2.21. The van der Waals surface area contributed by atoms with Gasteiger partial charge in [0.1, 0.15) is 21.9 Å². The second-order valence-corrected chi connectivity index (χ2v) is 8.24. The van der Waals surface area contributed by atoms with Crippen LogP contribution in [0.2, 0.25) is 0 Å².